The highest BCUT2D eigenvalue weighted by molar-refractivity contribution is 5.92. The van der Waals surface area contributed by atoms with E-state index in [0.717, 1.165) is 71.4 Å². The van der Waals surface area contributed by atoms with E-state index in [0.29, 0.717) is 18.2 Å². The van der Waals surface area contributed by atoms with Gasteiger partial charge < -0.3 is 15.5 Å². The molecule has 2 N–H and O–H groups in total. The summed E-state index contributed by atoms with van der Waals surface area (Å²) in [6.07, 6.45) is 6.38. The van der Waals surface area contributed by atoms with Gasteiger partial charge >= 0.3 is 0 Å². The fourth-order valence-corrected chi connectivity index (χ4v) is 4.98. The quantitative estimate of drug-likeness (QED) is 0.559. The van der Waals surface area contributed by atoms with Crippen LogP contribution in [0.2, 0.25) is 0 Å². The molecule has 2 aliphatic rings. The first-order valence-corrected chi connectivity index (χ1v) is 12.7. The lowest BCUT2D eigenvalue weighted by Gasteiger charge is -2.36. The van der Waals surface area contributed by atoms with E-state index in [9.17, 15) is 9.59 Å². The number of aromatic nitrogens is 1. The number of benzene rings is 1. The zero-order chi connectivity index (χ0) is 23.6. The molecule has 2 fully saturated rings. The van der Waals surface area contributed by atoms with Gasteiger partial charge in [-0.1, -0.05) is 24.3 Å². The minimum atomic E-state index is -0.123. The van der Waals surface area contributed by atoms with Crippen LogP contribution in [0.4, 0.5) is 5.69 Å². The van der Waals surface area contributed by atoms with Crippen LogP contribution >= 0.6 is 0 Å². The number of anilines is 1. The van der Waals surface area contributed by atoms with Gasteiger partial charge in [0, 0.05) is 57.1 Å². The molecular weight excluding hydrogens is 426 g/mol. The number of carbonyl (C=O) groups excluding carboxylic acids is 2. The maximum absolute atomic E-state index is 12.6. The van der Waals surface area contributed by atoms with Gasteiger partial charge in [0.15, 0.2) is 0 Å². The highest BCUT2D eigenvalue weighted by atomic mass is 16.2. The second-order valence-electron chi connectivity index (χ2n) is 9.45. The second kappa shape index (κ2) is 12.5. The van der Waals surface area contributed by atoms with Gasteiger partial charge in [-0.3, -0.25) is 19.5 Å². The summed E-state index contributed by atoms with van der Waals surface area (Å²) in [6.45, 7) is 6.70. The molecule has 1 saturated carbocycles. The molecule has 0 spiro atoms. The Balaban J connectivity index is 1.05. The van der Waals surface area contributed by atoms with Gasteiger partial charge in [0.1, 0.15) is 5.69 Å². The van der Waals surface area contributed by atoms with Crippen molar-refractivity contribution in [2.24, 2.45) is 11.8 Å². The van der Waals surface area contributed by atoms with Crippen LogP contribution in [0.3, 0.4) is 0 Å². The first kappa shape index (κ1) is 24.2. The number of rotatable bonds is 9. The van der Waals surface area contributed by atoms with Gasteiger partial charge in [0.2, 0.25) is 5.91 Å². The number of para-hydroxylation sites is 1. The number of hydrogen-bond acceptors (Lipinski definition) is 5. The van der Waals surface area contributed by atoms with Crippen LogP contribution < -0.4 is 15.5 Å². The van der Waals surface area contributed by atoms with Gasteiger partial charge in [-0.05, 0) is 68.8 Å². The Morgan fingerprint density at radius 1 is 0.882 bits per heavy atom. The van der Waals surface area contributed by atoms with Crippen molar-refractivity contribution in [3.05, 3.63) is 60.4 Å². The lowest BCUT2D eigenvalue weighted by atomic mass is 9.81. The summed E-state index contributed by atoms with van der Waals surface area (Å²) in [5.41, 5.74) is 1.76. The van der Waals surface area contributed by atoms with Crippen molar-refractivity contribution in [1.82, 2.24) is 20.5 Å². The summed E-state index contributed by atoms with van der Waals surface area (Å²) in [5.74, 6) is 0.621. The van der Waals surface area contributed by atoms with Crippen molar-refractivity contribution < 1.29 is 9.59 Å². The number of carbonyl (C=O) groups is 2. The molecule has 0 bridgehead atoms. The smallest absolute Gasteiger partial charge is 0.269 e. The Labute approximate surface area is 202 Å². The predicted molar refractivity (Wildman–Crippen MR) is 135 cm³/mol. The van der Waals surface area contributed by atoms with E-state index in [2.05, 4.69) is 55.7 Å². The average molecular weight is 464 g/mol. The summed E-state index contributed by atoms with van der Waals surface area (Å²) in [5, 5.41) is 6.15. The normalized spacial score (nSPS) is 21.1. The monoisotopic (exact) mass is 463 g/mol. The first-order valence-electron chi connectivity index (χ1n) is 12.7. The van der Waals surface area contributed by atoms with E-state index in [1.165, 1.54) is 5.69 Å². The van der Waals surface area contributed by atoms with Crippen molar-refractivity contribution in [3.63, 3.8) is 0 Å². The van der Waals surface area contributed by atoms with E-state index < -0.39 is 0 Å². The highest BCUT2D eigenvalue weighted by Gasteiger charge is 2.26. The number of piperazine rings is 1. The van der Waals surface area contributed by atoms with Crippen LogP contribution in [0.15, 0.2) is 54.7 Å². The Morgan fingerprint density at radius 2 is 1.62 bits per heavy atom. The third-order valence-corrected chi connectivity index (χ3v) is 7.11. The molecule has 0 unspecified atom stereocenters. The maximum Gasteiger partial charge on any atom is 0.269 e. The highest BCUT2D eigenvalue weighted by Crippen LogP contribution is 2.28. The molecule has 7 nitrogen and oxygen atoms in total. The molecule has 4 rings (SSSR count). The lowest BCUT2D eigenvalue weighted by Crippen LogP contribution is -2.47. The fourth-order valence-electron chi connectivity index (χ4n) is 4.98. The number of nitrogens with zero attached hydrogens (tertiary/aromatic N) is 3. The Bertz CT molecular complexity index is 892. The zero-order valence-electron chi connectivity index (χ0n) is 20.0. The summed E-state index contributed by atoms with van der Waals surface area (Å²) in [4.78, 5) is 33.8. The summed E-state index contributed by atoms with van der Waals surface area (Å²) >= 11 is 0. The molecule has 1 aliphatic carbocycles. The van der Waals surface area contributed by atoms with Crippen LogP contribution in [0, 0.1) is 11.8 Å². The molecule has 34 heavy (non-hydrogen) atoms. The molecule has 182 valence electrons. The van der Waals surface area contributed by atoms with Gasteiger partial charge in [0.25, 0.3) is 5.91 Å². The minimum absolute atomic E-state index is 0.108. The van der Waals surface area contributed by atoms with Crippen molar-refractivity contribution in [2.45, 2.75) is 32.1 Å². The summed E-state index contributed by atoms with van der Waals surface area (Å²) < 4.78 is 0. The largest absolute Gasteiger partial charge is 0.369 e. The Hall–Kier alpha value is -2.93. The zero-order valence-corrected chi connectivity index (χ0v) is 20.0. The van der Waals surface area contributed by atoms with Gasteiger partial charge in [-0.2, -0.15) is 0 Å². The van der Waals surface area contributed by atoms with Crippen LogP contribution in [0.25, 0.3) is 0 Å². The van der Waals surface area contributed by atoms with Gasteiger partial charge in [0.05, 0.1) is 0 Å². The van der Waals surface area contributed by atoms with E-state index in [1.54, 1.807) is 18.3 Å². The third kappa shape index (κ3) is 7.03. The van der Waals surface area contributed by atoms with E-state index >= 15 is 0 Å². The van der Waals surface area contributed by atoms with Crippen molar-refractivity contribution in [2.75, 3.05) is 50.7 Å². The molecule has 7 heteroatoms. The molecule has 1 aromatic heterocycles. The van der Waals surface area contributed by atoms with Crippen LogP contribution in [0.5, 0.6) is 0 Å². The van der Waals surface area contributed by atoms with Crippen molar-refractivity contribution >= 4 is 17.5 Å². The van der Waals surface area contributed by atoms with Gasteiger partial charge in [-0.15, -0.1) is 0 Å². The Morgan fingerprint density at radius 3 is 2.32 bits per heavy atom. The third-order valence-electron chi connectivity index (χ3n) is 7.11. The van der Waals surface area contributed by atoms with Gasteiger partial charge in [-0.25, -0.2) is 0 Å². The predicted octanol–water partition coefficient (Wildman–Crippen LogP) is 2.95. The molecule has 1 aliphatic heterocycles. The average Bonchev–Trinajstić information content (AvgIpc) is 2.91. The topological polar surface area (TPSA) is 77.6 Å². The molecular formula is C27H37N5O2. The number of hydrogen-bond donors (Lipinski definition) is 2. The first-order chi connectivity index (χ1) is 16.7. The number of pyridine rings is 1. The van der Waals surface area contributed by atoms with Crippen molar-refractivity contribution in [1.29, 1.82) is 0 Å². The van der Waals surface area contributed by atoms with E-state index in [1.807, 2.05) is 6.07 Å². The second-order valence-corrected chi connectivity index (χ2v) is 9.45. The number of nitrogens with one attached hydrogen (secondary N) is 2. The molecule has 1 saturated heterocycles. The maximum atomic E-state index is 12.6. The van der Waals surface area contributed by atoms with Crippen molar-refractivity contribution in [3.8, 4) is 0 Å². The molecule has 0 atom stereocenters. The molecule has 0 radical (unpaired) electrons. The molecule has 2 aromatic rings. The van der Waals surface area contributed by atoms with E-state index in [4.69, 9.17) is 0 Å². The minimum Gasteiger partial charge on any atom is -0.369 e. The molecule has 2 heterocycles. The summed E-state index contributed by atoms with van der Waals surface area (Å²) in [7, 11) is 0. The molecule has 1 aromatic carbocycles. The lowest BCUT2D eigenvalue weighted by molar-refractivity contribution is -0.126. The standard InChI is InChI=1S/C27H37N5O2/c33-26(23-12-10-22(11-13-23)21-30-27(34)25-9-4-5-14-28-25)29-15-6-16-31-17-19-32(20-18-31)24-7-2-1-3-8-24/h1-5,7-9,14,22-23H,6,10-13,15-21H2,(H,29,33)(H,30,34). The van der Waals surface area contributed by atoms with Crippen LogP contribution in [-0.2, 0) is 4.79 Å². The Kier molecular flexibility index (Phi) is 8.90. The van der Waals surface area contributed by atoms with Crippen LogP contribution in [0.1, 0.15) is 42.6 Å². The SMILES string of the molecule is O=C(NCC1CCC(C(=O)NCCCN2CCN(c3ccccc3)CC2)CC1)c1ccccn1. The van der Waals surface area contributed by atoms with Crippen LogP contribution in [-0.4, -0.2) is 67.5 Å². The number of amides is 2. The molecule has 2 amide bonds. The fraction of sp³-hybridized carbons (Fsp3) is 0.519. The van der Waals surface area contributed by atoms with E-state index in [-0.39, 0.29) is 17.7 Å². The summed E-state index contributed by atoms with van der Waals surface area (Å²) in [6, 6.07) is 15.9.